The van der Waals surface area contributed by atoms with Crippen LogP contribution in [0.1, 0.15) is 51.2 Å². The normalized spacial score (nSPS) is 16.2. The monoisotopic (exact) mass is 684 g/mol. The number of likely N-dealkylation sites (tertiary alicyclic amines) is 1. The quantitative estimate of drug-likeness (QED) is 0.236. The number of hydrogen-bond acceptors (Lipinski definition) is 10. The number of hydrogen-bond donors (Lipinski definition) is 0. The van der Waals surface area contributed by atoms with Crippen LogP contribution in [-0.2, 0) is 20.8 Å². The fraction of sp³-hybridized carbons (Fsp3) is 0.500. The van der Waals surface area contributed by atoms with Crippen molar-refractivity contribution in [3.63, 3.8) is 0 Å². The highest BCUT2D eigenvalue weighted by atomic mass is 35.5. The Morgan fingerprint density at radius 2 is 1.62 bits per heavy atom. The van der Waals surface area contributed by atoms with E-state index in [0.29, 0.717) is 78.4 Å². The zero-order chi connectivity index (χ0) is 33.7. The Morgan fingerprint density at radius 1 is 0.936 bits per heavy atom. The van der Waals surface area contributed by atoms with Crippen LogP contribution < -0.4 is 9.64 Å². The van der Waals surface area contributed by atoms with Gasteiger partial charge in [-0.3, -0.25) is 9.69 Å². The SMILES string of the molecule is COC(=O)CC1CCN(Cc2cc(-c3cc(Cl)cc(Cl)c3)nc(Oc3ccc(N4CCN(C(=O)OC(C)(C)C)CC4)nn3)c2C)CC1. The first-order valence-corrected chi connectivity index (χ1v) is 16.6. The van der Waals surface area contributed by atoms with Gasteiger partial charge >= 0.3 is 12.1 Å². The Hall–Kier alpha value is -3.67. The van der Waals surface area contributed by atoms with Gasteiger partial charge < -0.3 is 24.0 Å². The van der Waals surface area contributed by atoms with Gasteiger partial charge in [0.25, 0.3) is 0 Å². The molecule has 13 heteroatoms. The highest BCUT2D eigenvalue weighted by Gasteiger charge is 2.27. The first-order valence-electron chi connectivity index (χ1n) is 15.9. The van der Waals surface area contributed by atoms with Crippen molar-refractivity contribution in [3.05, 3.63) is 57.6 Å². The number of anilines is 1. The summed E-state index contributed by atoms with van der Waals surface area (Å²) in [5, 5.41) is 9.81. The molecule has 2 aliphatic heterocycles. The molecule has 5 rings (SSSR count). The number of pyridine rings is 1. The molecule has 0 spiro atoms. The van der Waals surface area contributed by atoms with Gasteiger partial charge in [-0.05, 0) is 95.4 Å². The first kappa shape index (κ1) is 34.7. The number of rotatable bonds is 8. The lowest BCUT2D eigenvalue weighted by Gasteiger charge is -2.35. The zero-order valence-electron chi connectivity index (χ0n) is 27.6. The summed E-state index contributed by atoms with van der Waals surface area (Å²) in [5.41, 5.74) is 2.87. The van der Waals surface area contributed by atoms with E-state index in [1.165, 1.54) is 7.11 Å². The van der Waals surface area contributed by atoms with Crippen LogP contribution >= 0.6 is 23.2 Å². The molecule has 47 heavy (non-hydrogen) atoms. The maximum atomic E-state index is 12.4. The van der Waals surface area contributed by atoms with E-state index >= 15 is 0 Å². The molecule has 2 fully saturated rings. The molecule has 3 aromatic rings. The van der Waals surface area contributed by atoms with E-state index in [9.17, 15) is 9.59 Å². The maximum absolute atomic E-state index is 12.4. The van der Waals surface area contributed by atoms with Gasteiger partial charge in [-0.25, -0.2) is 9.78 Å². The number of piperazine rings is 1. The number of methoxy groups -OCH3 is 1. The van der Waals surface area contributed by atoms with Crippen molar-refractivity contribution in [1.82, 2.24) is 25.0 Å². The fourth-order valence-electron chi connectivity index (χ4n) is 5.74. The lowest BCUT2D eigenvalue weighted by atomic mass is 9.93. The van der Waals surface area contributed by atoms with Crippen molar-refractivity contribution in [2.75, 3.05) is 51.3 Å². The summed E-state index contributed by atoms with van der Waals surface area (Å²) in [6, 6.07) is 11.0. The predicted molar refractivity (Wildman–Crippen MR) is 181 cm³/mol. The van der Waals surface area contributed by atoms with E-state index < -0.39 is 5.60 Å². The minimum absolute atomic E-state index is 0.156. The largest absolute Gasteiger partial charge is 0.469 e. The maximum Gasteiger partial charge on any atom is 0.410 e. The number of piperidine rings is 1. The van der Waals surface area contributed by atoms with Crippen LogP contribution in [0.2, 0.25) is 10.0 Å². The van der Waals surface area contributed by atoms with Gasteiger partial charge in [-0.2, -0.15) is 0 Å². The van der Waals surface area contributed by atoms with Crippen molar-refractivity contribution in [2.45, 2.75) is 59.1 Å². The number of benzene rings is 1. The van der Waals surface area contributed by atoms with E-state index in [2.05, 4.69) is 26.1 Å². The molecule has 252 valence electrons. The molecule has 0 atom stereocenters. The first-order chi connectivity index (χ1) is 22.4. The van der Waals surface area contributed by atoms with Gasteiger partial charge in [0.05, 0.1) is 12.8 Å². The summed E-state index contributed by atoms with van der Waals surface area (Å²) in [5.74, 6) is 1.60. The summed E-state index contributed by atoms with van der Waals surface area (Å²) >= 11 is 12.7. The lowest BCUT2D eigenvalue weighted by molar-refractivity contribution is -0.142. The Balaban J connectivity index is 1.30. The van der Waals surface area contributed by atoms with Crippen molar-refractivity contribution < 1.29 is 23.8 Å². The molecule has 4 heterocycles. The van der Waals surface area contributed by atoms with E-state index in [1.807, 2.05) is 45.9 Å². The molecule has 1 amide bonds. The molecule has 0 radical (unpaired) electrons. The van der Waals surface area contributed by atoms with Gasteiger partial charge in [-0.15, -0.1) is 10.2 Å². The minimum atomic E-state index is -0.534. The van der Waals surface area contributed by atoms with Crippen LogP contribution in [0.15, 0.2) is 36.4 Å². The van der Waals surface area contributed by atoms with Crippen LogP contribution in [0.25, 0.3) is 11.3 Å². The highest BCUT2D eigenvalue weighted by Crippen LogP contribution is 2.33. The molecule has 2 saturated heterocycles. The van der Waals surface area contributed by atoms with E-state index in [4.69, 9.17) is 42.4 Å². The number of ether oxygens (including phenoxy) is 3. The molecular formula is C34H42Cl2N6O5. The number of esters is 1. The van der Waals surface area contributed by atoms with Crippen molar-refractivity contribution in [3.8, 4) is 23.0 Å². The molecule has 0 unspecified atom stereocenters. The Morgan fingerprint density at radius 3 is 2.21 bits per heavy atom. The van der Waals surface area contributed by atoms with Crippen LogP contribution in [0.5, 0.6) is 11.8 Å². The molecule has 1 aromatic carbocycles. The number of carbonyl (C=O) groups is 2. The standard InChI is InChI=1S/C34H42Cl2N6O5/c1-22-25(21-40-10-8-23(9-11-40)16-31(43)45-5)19-28(24-17-26(35)20-27(36)18-24)37-32(22)46-30-7-6-29(38-39-30)41-12-14-42(15-13-41)33(44)47-34(2,3)4/h6-7,17-20,23H,8-16,21H2,1-5H3. The Kier molecular flexibility index (Phi) is 11.1. The molecule has 2 aromatic heterocycles. The second-order valence-electron chi connectivity index (χ2n) is 13.0. The summed E-state index contributed by atoms with van der Waals surface area (Å²) in [6.07, 6.45) is 2.01. The second kappa shape index (κ2) is 15.0. The summed E-state index contributed by atoms with van der Waals surface area (Å²) in [4.78, 5) is 35.2. The number of amides is 1. The average molecular weight is 686 g/mol. The molecule has 0 N–H and O–H groups in total. The van der Waals surface area contributed by atoms with Crippen molar-refractivity contribution in [2.24, 2.45) is 5.92 Å². The van der Waals surface area contributed by atoms with Gasteiger partial charge in [0.2, 0.25) is 11.8 Å². The van der Waals surface area contributed by atoms with Gasteiger partial charge in [0, 0.05) is 66.4 Å². The third-order valence-corrected chi connectivity index (χ3v) is 8.80. The van der Waals surface area contributed by atoms with Crippen LogP contribution in [0.3, 0.4) is 0 Å². The highest BCUT2D eigenvalue weighted by molar-refractivity contribution is 6.35. The van der Waals surface area contributed by atoms with Crippen LogP contribution in [0, 0.1) is 12.8 Å². The topological polar surface area (TPSA) is 110 Å². The number of nitrogens with zero attached hydrogens (tertiary/aromatic N) is 6. The lowest BCUT2D eigenvalue weighted by Crippen LogP contribution is -2.50. The molecule has 2 aliphatic rings. The zero-order valence-corrected chi connectivity index (χ0v) is 29.1. The van der Waals surface area contributed by atoms with Crippen LogP contribution in [-0.4, -0.2) is 89.0 Å². The summed E-state index contributed by atoms with van der Waals surface area (Å²) in [7, 11) is 1.44. The number of aromatic nitrogens is 3. The van der Waals surface area contributed by atoms with Gasteiger partial charge in [0.15, 0.2) is 5.82 Å². The molecule has 11 nitrogen and oxygen atoms in total. The molecular weight excluding hydrogens is 643 g/mol. The number of halogens is 2. The molecule has 0 saturated carbocycles. The van der Waals surface area contributed by atoms with Crippen molar-refractivity contribution >= 4 is 41.1 Å². The van der Waals surface area contributed by atoms with Crippen molar-refractivity contribution in [1.29, 1.82) is 0 Å². The number of carbonyl (C=O) groups excluding carboxylic acids is 2. The predicted octanol–water partition coefficient (Wildman–Crippen LogP) is 6.78. The second-order valence-corrected chi connectivity index (χ2v) is 13.9. The molecule has 0 bridgehead atoms. The van der Waals surface area contributed by atoms with E-state index in [0.717, 1.165) is 42.6 Å². The summed E-state index contributed by atoms with van der Waals surface area (Å²) in [6.45, 7) is 12.3. The van der Waals surface area contributed by atoms with E-state index in [1.54, 1.807) is 17.0 Å². The Bertz CT molecular complexity index is 1550. The smallest absolute Gasteiger partial charge is 0.410 e. The summed E-state index contributed by atoms with van der Waals surface area (Å²) < 4.78 is 16.6. The fourth-order valence-corrected chi connectivity index (χ4v) is 6.26. The third kappa shape index (κ3) is 9.46. The van der Waals surface area contributed by atoms with Gasteiger partial charge in [0.1, 0.15) is 5.60 Å². The minimum Gasteiger partial charge on any atom is -0.469 e. The van der Waals surface area contributed by atoms with E-state index in [-0.39, 0.29) is 12.1 Å². The molecule has 0 aliphatic carbocycles. The van der Waals surface area contributed by atoms with Crippen LogP contribution in [0.4, 0.5) is 10.6 Å². The average Bonchev–Trinajstić information content (AvgIpc) is 3.03. The van der Waals surface area contributed by atoms with Gasteiger partial charge in [-0.1, -0.05) is 23.2 Å². The Labute approximate surface area is 286 Å². The third-order valence-electron chi connectivity index (χ3n) is 8.36.